The summed E-state index contributed by atoms with van der Waals surface area (Å²) >= 11 is 0. The third kappa shape index (κ3) is 7.14. The van der Waals surface area contributed by atoms with Gasteiger partial charge in [-0.3, -0.25) is 20.2 Å². The molecular weight excluding hydrogens is 568 g/mol. The quantitative estimate of drug-likeness (QED) is 0.0718. The Morgan fingerprint density at radius 3 is 1.72 bits per heavy atom. The third-order valence-electron chi connectivity index (χ3n) is 6.05. The summed E-state index contributed by atoms with van der Waals surface area (Å²) in [6.45, 7) is -0.346. The lowest BCUT2D eigenvalue weighted by Crippen LogP contribution is -2.15. The zero-order chi connectivity index (χ0) is 31.1. The van der Waals surface area contributed by atoms with Gasteiger partial charge in [0, 0.05) is 17.7 Å². The van der Waals surface area contributed by atoms with Crippen molar-refractivity contribution in [2.24, 2.45) is 0 Å². The first-order valence-electron chi connectivity index (χ1n) is 12.2. The predicted octanol–water partition coefficient (Wildman–Crippen LogP) is 5.22. The Morgan fingerprint density at radius 2 is 1.19 bits per heavy atom. The summed E-state index contributed by atoms with van der Waals surface area (Å²) in [6, 6.07) is 20.2. The van der Waals surface area contributed by atoms with Crippen LogP contribution >= 0.6 is 0 Å². The fraction of sp³-hybridized carbons (Fsp3) is 0.0690. The lowest BCUT2D eigenvalue weighted by atomic mass is 10.0. The minimum atomic E-state index is -1.63. The Labute approximate surface area is 241 Å². The number of nitrogens with zero attached hydrogens (tertiary/aromatic N) is 2. The highest BCUT2D eigenvalue weighted by atomic mass is 17.2. The van der Waals surface area contributed by atoms with Crippen molar-refractivity contribution in [2.75, 3.05) is 0 Å². The monoisotopic (exact) mass is 588 g/mol. The molecule has 0 bridgehead atoms. The van der Waals surface area contributed by atoms with Crippen LogP contribution < -0.4 is 9.62 Å². The van der Waals surface area contributed by atoms with Gasteiger partial charge in [0.05, 0.1) is 15.4 Å². The van der Waals surface area contributed by atoms with E-state index in [-0.39, 0.29) is 17.9 Å². The predicted molar refractivity (Wildman–Crippen MR) is 146 cm³/mol. The Kier molecular flexibility index (Phi) is 9.02. The van der Waals surface area contributed by atoms with Crippen LogP contribution in [0.15, 0.2) is 84.9 Å². The lowest BCUT2D eigenvalue weighted by Gasteiger charge is -2.09. The van der Waals surface area contributed by atoms with E-state index in [9.17, 15) is 44.8 Å². The number of carboxylic acid groups (broad SMARTS) is 2. The Balaban J connectivity index is 1.35. The van der Waals surface area contributed by atoms with E-state index in [4.69, 9.17) is 14.5 Å². The van der Waals surface area contributed by atoms with Gasteiger partial charge in [-0.2, -0.15) is 4.89 Å². The smallest absolute Gasteiger partial charge is 0.344 e. The molecule has 4 rings (SSSR count). The van der Waals surface area contributed by atoms with Crippen LogP contribution in [-0.2, 0) is 17.9 Å². The number of esters is 1. The number of carbonyl (C=O) groups is 3. The highest BCUT2D eigenvalue weighted by molar-refractivity contribution is 6.05. The van der Waals surface area contributed by atoms with Gasteiger partial charge in [0.2, 0.25) is 0 Å². The maximum atomic E-state index is 12.6. The van der Waals surface area contributed by atoms with E-state index >= 15 is 0 Å². The van der Waals surface area contributed by atoms with Gasteiger partial charge in [-0.15, -0.1) is 0 Å². The zero-order valence-electron chi connectivity index (χ0n) is 21.9. The second-order valence-corrected chi connectivity index (χ2v) is 8.84. The van der Waals surface area contributed by atoms with Crippen LogP contribution in [-0.4, -0.2) is 38.0 Å². The minimum Gasteiger partial charge on any atom is -0.477 e. The molecule has 0 saturated carbocycles. The van der Waals surface area contributed by atoms with Gasteiger partial charge < -0.3 is 19.8 Å². The Hall–Kier alpha value is -6.15. The second kappa shape index (κ2) is 13.0. The summed E-state index contributed by atoms with van der Waals surface area (Å²) in [7, 11) is 0. The molecule has 218 valence electrons. The molecule has 0 heterocycles. The maximum Gasteiger partial charge on any atom is 0.344 e. The molecule has 0 amide bonds. The highest BCUT2D eigenvalue weighted by Crippen LogP contribution is 2.26. The van der Waals surface area contributed by atoms with Crippen LogP contribution in [0.5, 0.6) is 11.5 Å². The summed E-state index contributed by atoms with van der Waals surface area (Å²) < 4.78 is 5.23. The van der Waals surface area contributed by atoms with Gasteiger partial charge >= 0.3 is 17.9 Å². The molecule has 43 heavy (non-hydrogen) atoms. The molecule has 0 atom stereocenters. The van der Waals surface area contributed by atoms with Crippen molar-refractivity contribution in [1.82, 2.24) is 0 Å². The summed E-state index contributed by atoms with van der Waals surface area (Å²) in [5.41, 5.74) is -1.22. The van der Waals surface area contributed by atoms with Crippen LogP contribution in [0.3, 0.4) is 0 Å². The van der Waals surface area contributed by atoms with Crippen LogP contribution in [0.25, 0.3) is 0 Å². The maximum absolute atomic E-state index is 12.6. The number of carbonyl (C=O) groups excluding carboxylic acids is 1. The number of hydrogen-bond donors (Lipinski definition) is 2. The first kappa shape index (κ1) is 29.8. The third-order valence-corrected chi connectivity index (χ3v) is 6.05. The fourth-order valence-electron chi connectivity index (χ4n) is 4.09. The molecule has 4 aromatic carbocycles. The normalized spacial score (nSPS) is 10.5. The number of hydrogen-bond acceptors (Lipinski definition) is 10. The molecule has 4 aromatic rings. The van der Waals surface area contributed by atoms with Gasteiger partial charge in [0.15, 0.2) is 11.3 Å². The first-order valence-corrected chi connectivity index (χ1v) is 12.2. The molecule has 0 unspecified atom stereocenters. The van der Waals surface area contributed by atoms with Gasteiger partial charge in [0.25, 0.3) is 11.4 Å². The molecule has 0 aliphatic rings. The molecule has 0 aliphatic carbocycles. The van der Waals surface area contributed by atoms with E-state index < -0.39 is 55.8 Å². The minimum absolute atomic E-state index is 0.0693. The molecule has 0 aromatic heterocycles. The SMILES string of the molecule is O=C(Oc1ccc(Cc2ccc(OOCc3cccc([N+](=O)[O-])c3C(=O)O)cc2)cc1)c1cccc([N+](=O)[O-])c1C(=O)O. The Morgan fingerprint density at radius 1 is 0.674 bits per heavy atom. The summed E-state index contributed by atoms with van der Waals surface area (Å²) in [6.07, 6.45) is 0.471. The number of ether oxygens (including phenoxy) is 1. The molecule has 0 spiro atoms. The van der Waals surface area contributed by atoms with Crippen molar-refractivity contribution in [2.45, 2.75) is 13.0 Å². The van der Waals surface area contributed by atoms with Crippen molar-refractivity contribution < 1.29 is 49.0 Å². The molecule has 14 heteroatoms. The van der Waals surface area contributed by atoms with Gasteiger partial charge in [-0.05, 0) is 47.9 Å². The molecular formula is C29H20N2O12. The van der Waals surface area contributed by atoms with Gasteiger partial charge in [-0.25, -0.2) is 14.4 Å². The average molecular weight is 588 g/mol. The number of carboxylic acids is 2. The molecule has 0 radical (unpaired) electrons. The topological polar surface area (TPSA) is 206 Å². The summed E-state index contributed by atoms with van der Waals surface area (Å²) in [4.78, 5) is 66.6. The van der Waals surface area contributed by atoms with Crippen molar-refractivity contribution in [1.29, 1.82) is 0 Å². The molecule has 0 fully saturated rings. The van der Waals surface area contributed by atoms with Crippen LogP contribution in [0.2, 0.25) is 0 Å². The summed E-state index contributed by atoms with van der Waals surface area (Å²) in [5.74, 6) is -3.75. The largest absolute Gasteiger partial charge is 0.477 e. The number of rotatable bonds is 12. The van der Waals surface area contributed by atoms with E-state index in [1.165, 1.54) is 30.3 Å². The molecule has 2 N–H and O–H groups in total. The van der Waals surface area contributed by atoms with Crippen LogP contribution in [0, 0.1) is 20.2 Å². The number of nitro benzene ring substituents is 2. The lowest BCUT2D eigenvalue weighted by molar-refractivity contribution is -0.385. The first-order chi connectivity index (χ1) is 20.5. The second-order valence-electron chi connectivity index (χ2n) is 8.84. The van der Waals surface area contributed by atoms with E-state index in [2.05, 4.69) is 0 Å². The van der Waals surface area contributed by atoms with E-state index in [1.54, 1.807) is 36.4 Å². The number of benzene rings is 4. The number of aromatic carboxylic acids is 2. The number of nitro groups is 2. The Bertz CT molecular complexity index is 1720. The van der Waals surface area contributed by atoms with E-state index in [0.29, 0.717) is 12.2 Å². The standard InChI is InChI=1S/C29H20N2O12/c32-27(33)25-19(3-1-5-23(25)30(37)38)16-41-43-21-13-9-18(10-14-21)15-17-7-11-20(12-8-17)42-29(36)22-4-2-6-24(31(39)40)26(22)28(34)35/h1-14H,15-16H2,(H,32,33)(H,34,35). The fourth-order valence-corrected chi connectivity index (χ4v) is 4.09. The summed E-state index contributed by atoms with van der Waals surface area (Å²) in [5, 5.41) is 41.0. The van der Waals surface area contributed by atoms with Gasteiger partial charge in [0.1, 0.15) is 17.9 Å². The van der Waals surface area contributed by atoms with Gasteiger partial charge in [-0.1, -0.05) is 42.5 Å². The zero-order valence-corrected chi connectivity index (χ0v) is 21.9. The van der Waals surface area contributed by atoms with Crippen LogP contribution in [0.4, 0.5) is 11.4 Å². The average Bonchev–Trinajstić information content (AvgIpc) is 2.98. The van der Waals surface area contributed by atoms with Crippen molar-refractivity contribution >= 4 is 29.3 Å². The molecule has 0 saturated heterocycles. The van der Waals surface area contributed by atoms with E-state index in [1.807, 2.05) is 0 Å². The van der Waals surface area contributed by atoms with Crippen molar-refractivity contribution in [3.63, 3.8) is 0 Å². The van der Waals surface area contributed by atoms with Crippen LogP contribution in [0.1, 0.15) is 47.8 Å². The van der Waals surface area contributed by atoms with E-state index in [0.717, 1.165) is 29.3 Å². The van der Waals surface area contributed by atoms with Crippen molar-refractivity contribution in [3.8, 4) is 11.5 Å². The highest BCUT2D eigenvalue weighted by Gasteiger charge is 2.28. The van der Waals surface area contributed by atoms with Crippen molar-refractivity contribution in [3.05, 3.63) is 139 Å². The molecule has 14 nitrogen and oxygen atoms in total. The molecule has 0 aliphatic heterocycles.